The van der Waals surface area contributed by atoms with Crippen molar-refractivity contribution in [2.45, 2.75) is 24.3 Å². The molecule has 0 bridgehead atoms. The summed E-state index contributed by atoms with van der Waals surface area (Å²) in [5.74, 6) is -2.79. The second-order valence-electron chi connectivity index (χ2n) is 4.31. The Kier molecular flexibility index (Phi) is 4.17. The smallest absolute Gasteiger partial charge is 0.324 e. The molecular weight excluding hydrogens is 327 g/mol. The summed E-state index contributed by atoms with van der Waals surface area (Å²) in [5, 5.41) is 8.89. The molecule has 7 heteroatoms. The fourth-order valence-corrected chi connectivity index (χ4v) is 2.76. The van der Waals surface area contributed by atoms with E-state index in [2.05, 4.69) is 15.9 Å². The lowest BCUT2D eigenvalue weighted by Crippen LogP contribution is -2.41. The fourth-order valence-electron chi connectivity index (χ4n) is 1.16. The first-order chi connectivity index (χ1) is 8.08. The Morgan fingerprint density at radius 3 is 2.44 bits per heavy atom. The molecule has 0 aliphatic rings. The van der Waals surface area contributed by atoms with Crippen LogP contribution in [0.4, 0.5) is 4.39 Å². The zero-order chi connectivity index (χ0) is 14.1. The summed E-state index contributed by atoms with van der Waals surface area (Å²) in [5.41, 5.74) is -0.0486. The second-order valence-corrected chi connectivity index (χ2v) is 7.76. The van der Waals surface area contributed by atoms with Crippen LogP contribution in [-0.2, 0) is 20.4 Å². The highest BCUT2D eigenvalue weighted by Gasteiger charge is 2.42. The fraction of sp³-hybridized carbons (Fsp3) is 0.364. The Balaban J connectivity index is 3.15. The molecule has 0 radical (unpaired) electrons. The predicted octanol–water partition coefficient (Wildman–Crippen LogP) is 2.37. The van der Waals surface area contributed by atoms with Crippen LogP contribution in [0.3, 0.4) is 0 Å². The van der Waals surface area contributed by atoms with Gasteiger partial charge in [-0.1, -0.05) is 22.0 Å². The van der Waals surface area contributed by atoms with E-state index in [9.17, 15) is 17.6 Å². The van der Waals surface area contributed by atoms with Gasteiger partial charge in [-0.25, -0.2) is 12.8 Å². The first-order valence-corrected chi connectivity index (χ1v) is 7.42. The lowest BCUT2D eigenvalue weighted by Gasteiger charge is -2.19. The number of carboxylic acid groups (broad SMARTS) is 1. The van der Waals surface area contributed by atoms with Crippen molar-refractivity contribution in [2.75, 3.05) is 0 Å². The van der Waals surface area contributed by atoms with E-state index in [1.165, 1.54) is 12.1 Å². The van der Waals surface area contributed by atoms with Crippen molar-refractivity contribution >= 4 is 31.7 Å². The van der Waals surface area contributed by atoms with Crippen LogP contribution < -0.4 is 0 Å². The van der Waals surface area contributed by atoms with Gasteiger partial charge in [0, 0.05) is 10.0 Å². The first kappa shape index (κ1) is 15.1. The third-order valence-electron chi connectivity index (χ3n) is 2.65. The van der Waals surface area contributed by atoms with Crippen molar-refractivity contribution < 1.29 is 22.7 Å². The number of carbonyl (C=O) groups is 1. The third kappa shape index (κ3) is 2.89. The van der Waals surface area contributed by atoms with Crippen molar-refractivity contribution in [2.24, 2.45) is 0 Å². The highest BCUT2D eigenvalue weighted by Crippen LogP contribution is 2.24. The van der Waals surface area contributed by atoms with Gasteiger partial charge in [0.05, 0.1) is 5.75 Å². The lowest BCUT2D eigenvalue weighted by molar-refractivity contribution is -0.139. The standard InChI is InChI=1S/C11H12BrFO4S/c1-11(2,10(14)15)18(16,17)6-7-3-4-8(12)5-9(7)13/h3-5H,6H2,1-2H3,(H,14,15). The van der Waals surface area contributed by atoms with Crippen LogP contribution in [0.15, 0.2) is 22.7 Å². The van der Waals surface area contributed by atoms with E-state index < -0.39 is 32.1 Å². The van der Waals surface area contributed by atoms with E-state index in [-0.39, 0.29) is 5.56 Å². The Morgan fingerprint density at radius 2 is 2.00 bits per heavy atom. The monoisotopic (exact) mass is 338 g/mol. The molecular formula is C11H12BrFO4S. The van der Waals surface area contributed by atoms with E-state index >= 15 is 0 Å². The number of hydrogen-bond donors (Lipinski definition) is 1. The van der Waals surface area contributed by atoms with E-state index in [0.29, 0.717) is 4.47 Å². The van der Waals surface area contributed by atoms with Crippen molar-refractivity contribution in [3.63, 3.8) is 0 Å². The number of halogens is 2. The molecule has 0 aliphatic carbocycles. The summed E-state index contributed by atoms with van der Waals surface area (Å²) in [6.07, 6.45) is 0. The summed E-state index contributed by atoms with van der Waals surface area (Å²) in [6.45, 7) is 2.17. The highest BCUT2D eigenvalue weighted by molar-refractivity contribution is 9.10. The van der Waals surface area contributed by atoms with Crippen LogP contribution in [0.5, 0.6) is 0 Å². The van der Waals surface area contributed by atoms with E-state index in [4.69, 9.17) is 5.11 Å². The van der Waals surface area contributed by atoms with Crippen LogP contribution in [0, 0.1) is 5.82 Å². The minimum absolute atomic E-state index is 0.0486. The molecule has 1 N–H and O–H groups in total. The maximum Gasteiger partial charge on any atom is 0.324 e. The molecule has 18 heavy (non-hydrogen) atoms. The van der Waals surface area contributed by atoms with Crippen LogP contribution in [0.25, 0.3) is 0 Å². The van der Waals surface area contributed by atoms with Gasteiger partial charge in [-0.3, -0.25) is 4.79 Å². The summed E-state index contributed by atoms with van der Waals surface area (Å²) < 4.78 is 35.9. The van der Waals surface area contributed by atoms with Crippen LogP contribution in [0.1, 0.15) is 19.4 Å². The number of carboxylic acids is 1. The molecule has 100 valence electrons. The predicted molar refractivity (Wildman–Crippen MR) is 68.4 cm³/mol. The van der Waals surface area contributed by atoms with E-state index in [0.717, 1.165) is 19.9 Å². The molecule has 0 fully saturated rings. The molecule has 0 amide bonds. The van der Waals surface area contributed by atoms with Crippen molar-refractivity contribution in [1.82, 2.24) is 0 Å². The molecule has 1 rings (SSSR count). The molecule has 1 aromatic rings. The third-order valence-corrected chi connectivity index (χ3v) is 5.57. The average Bonchev–Trinajstić information content (AvgIpc) is 2.21. The van der Waals surface area contributed by atoms with Crippen LogP contribution in [0.2, 0.25) is 0 Å². The van der Waals surface area contributed by atoms with Gasteiger partial charge in [0.15, 0.2) is 14.6 Å². The molecule has 0 saturated heterocycles. The number of hydrogen-bond acceptors (Lipinski definition) is 3. The molecule has 0 unspecified atom stereocenters. The molecule has 1 aromatic carbocycles. The number of rotatable bonds is 4. The van der Waals surface area contributed by atoms with Gasteiger partial charge in [0.2, 0.25) is 0 Å². The second kappa shape index (κ2) is 4.97. The van der Waals surface area contributed by atoms with Crippen LogP contribution in [-0.4, -0.2) is 24.2 Å². The highest BCUT2D eigenvalue weighted by atomic mass is 79.9. The molecule has 0 atom stereocenters. The Morgan fingerprint density at radius 1 is 1.44 bits per heavy atom. The molecule has 0 heterocycles. The molecule has 0 saturated carbocycles. The minimum Gasteiger partial charge on any atom is -0.480 e. The summed E-state index contributed by atoms with van der Waals surface area (Å²) in [4.78, 5) is 10.9. The topological polar surface area (TPSA) is 71.4 Å². The van der Waals surface area contributed by atoms with Crippen LogP contribution >= 0.6 is 15.9 Å². The summed E-state index contributed by atoms with van der Waals surface area (Å²) >= 11 is 3.06. The van der Waals surface area contributed by atoms with Crippen molar-refractivity contribution in [3.8, 4) is 0 Å². The number of aliphatic carboxylic acids is 1. The zero-order valence-electron chi connectivity index (χ0n) is 9.78. The van der Waals surface area contributed by atoms with Gasteiger partial charge in [0.1, 0.15) is 5.82 Å². The average molecular weight is 339 g/mol. The van der Waals surface area contributed by atoms with E-state index in [1.54, 1.807) is 0 Å². The summed E-state index contributed by atoms with van der Waals surface area (Å²) in [7, 11) is -4.00. The maximum atomic E-state index is 13.5. The van der Waals surface area contributed by atoms with Gasteiger partial charge < -0.3 is 5.11 Å². The molecule has 0 aliphatic heterocycles. The van der Waals surface area contributed by atoms with Crippen molar-refractivity contribution in [3.05, 3.63) is 34.1 Å². The Labute approximate surface area is 113 Å². The van der Waals surface area contributed by atoms with Gasteiger partial charge in [-0.2, -0.15) is 0 Å². The van der Waals surface area contributed by atoms with E-state index in [1.807, 2.05) is 0 Å². The Bertz CT molecular complexity index is 581. The quantitative estimate of drug-likeness (QED) is 0.914. The minimum atomic E-state index is -4.00. The SMILES string of the molecule is CC(C)(C(=O)O)S(=O)(=O)Cc1ccc(Br)cc1F. The van der Waals surface area contributed by atoms with Gasteiger partial charge >= 0.3 is 5.97 Å². The van der Waals surface area contributed by atoms with Gasteiger partial charge in [0.25, 0.3) is 0 Å². The number of sulfone groups is 1. The van der Waals surface area contributed by atoms with Crippen molar-refractivity contribution in [1.29, 1.82) is 0 Å². The molecule has 0 spiro atoms. The van der Waals surface area contributed by atoms with Gasteiger partial charge in [-0.15, -0.1) is 0 Å². The Hall–Kier alpha value is -0.950. The number of benzene rings is 1. The first-order valence-electron chi connectivity index (χ1n) is 4.97. The molecule has 4 nitrogen and oxygen atoms in total. The van der Waals surface area contributed by atoms with Gasteiger partial charge in [-0.05, 0) is 26.0 Å². The maximum absolute atomic E-state index is 13.5. The normalized spacial score (nSPS) is 12.4. The molecule has 0 aromatic heterocycles. The largest absolute Gasteiger partial charge is 0.480 e. The zero-order valence-corrected chi connectivity index (χ0v) is 12.2. The summed E-state index contributed by atoms with van der Waals surface area (Å²) in [6, 6.07) is 3.95. The lowest BCUT2D eigenvalue weighted by atomic mass is 10.2.